The lowest BCUT2D eigenvalue weighted by atomic mass is 10.0. The van der Waals surface area contributed by atoms with Crippen LogP contribution in [0.1, 0.15) is 35.1 Å². The summed E-state index contributed by atoms with van der Waals surface area (Å²) in [6.07, 6.45) is -8.86. The third-order valence-electron chi connectivity index (χ3n) is 6.50. The standard InChI is InChI=1S/C26H26F6N3O2/c1-35(24(36)37-2,15-17-11-20(25(27,28)29)14-21(12-17)26(30,31)32)16-19-13-18-7-3-4-8-22(18)33-23(19)34-9-5-6-10-34/h3-4,7-8,11-14H,5-6,9-10,15-16H2,1-2H3/q+1. The van der Waals surface area contributed by atoms with Crippen molar-refractivity contribution < 1.29 is 40.4 Å². The maximum atomic E-state index is 13.4. The van der Waals surface area contributed by atoms with Gasteiger partial charge in [-0.05, 0) is 43.2 Å². The van der Waals surface area contributed by atoms with Crippen molar-refractivity contribution >= 4 is 22.8 Å². The van der Waals surface area contributed by atoms with Gasteiger partial charge < -0.3 is 9.64 Å². The highest BCUT2D eigenvalue weighted by Crippen LogP contribution is 2.37. The van der Waals surface area contributed by atoms with Gasteiger partial charge in [-0.25, -0.2) is 9.47 Å². The molecule has 1 aliphatic heterocycles. The zero-order chi connectivity index (χ0) is 27.0. The van der Waals surface area contributed by atoms with Gasteiger partial charge in [-0.1, -0.05) is 18.2 Å². The van der Waals surface area contributed by atoms with Crippen LogP contribution >= 0.6 is 0 Å². The largest absolute Gasteiger partial charge is 0.516 e. The summed E-state index contributed by atoms with van der Waals surface area (Å²) in [5, 5.41) is 0.801. The number of rotatable bonds is 5. The number of hydrogen-bond donors (Lipinski definition) is 0. The molecule has 0 spiro atoms. The second-order valence-electron chi connectivity index (χ2n) is 9.45. The molecule has 2 aromatic carbocycles. The molecule has 1 aromatic heterocycles. The van der Waals surface area contributed by atoms with E-state index >= 15 is 0 Å². The van der Waals surface area contributed by atoms with Gasteiger partial charge in [0.05, 0.1) is 36.4 Å². The third kappa shape index (κ3) is 5.82. The lowest BCUT2D eigenvalue weighted by Gasteiger charge is -2.32. The number of hydrogen-bond acceptors (Lipinski definition) is 4. The monoisotopic (exact) mass is 526 g/mol. The Morgan fingerprint density at radius 2 is 1.54 bits per heavy atom. The molecule has 1 unspecified atom stereocenters. The van der Waals surface area contributed by atoms with Crippen LogP contribution in [0.15, 0.2) is 48.5 Å². The summed E-state index contributed by atoms with van der Waals surface area (Å²) in [5.74, 6) is 0.643. The number of para-hydroxylation sites is 1. The van der Waals surface area contributed by atoms with E-state index in [1.807, 2.05) is 30.3 Å². The van der Waals surface area contributed by atoms with E-state index in [0.717, 1.165) is 43.9 Å². The molecule has 0 N–H and O–H groups in total. The van der Waals surface area contributed by atoms with E-state index in [4.69, 9.17) is 9.72 Å². The first-order valence-electron chi connectivity index (χ1n) is 11.7. The number of carbonyl (C=O) groups is 1. The number of ether oxygens (including phenoxy) is 1. The molecule has 1 amide bonds. The van der Waals surface area contributed by atoms with Crippen LogP contribution in [-0.4, -0.2) is 42.8 Å². The molecule has 0 saturated carbocycles. The molecule has 37 heavy (non-hydrogen) atoms. The number of quaternary nitrogens is 1. The van der Waals surface area contributed by atoms with Crippen LogP contribution in [0.3, 0.4) is 0 Å². The number of pyridine rings is 1. The molecule has 0 radical (unpaired) electrons. The number of methoxy groups -OCH3 is 1. The minimum absolute atomic E-state index is 0.0477. The van der Waals surface area contributed by atoms with E-state index in [-0.39, 0.29) is 18.2 Å². The Morgan fingerprint density at radius 3 is 2.11 bits per heavy atom. The van der Waals surface area contributed by atoms with E-state index in [0.29, 0.717) is 23.5 Å². The first kappa shape index (κ1) is 26.7. The third-order valence-corrected chi connectivity index (χ3v) is 6.50. The minimum Gasteiger partial charge on any atom is -0.423 e. The summed E-state index contributed by atoms with van der Waals surface area (Å²) >= 11 is 0. The Balaban J connectivity index is 1.80. The number of benzene rings is 2. The van der Waals surface area contributed by atoms with Gasteiger partial charge in [0.25, 0.3) is 0 Å². The summed E-state index contributed by atoms with van der Waals surface area (Å²) in [5.41, 5.74) is -1.76. The van der Waals surface area contributed by atoms with Crippen LogP contribution in [0.5, 0.6) is 0 Å². The van der Waals surface area contributed by atoms with Gasteiger partial charge in [0, 0.05) is 24.0 Å². The number of nitrogens with zero attached hydrogens (tertiary/aromatic N) is 3. The van der Waals surface area contributed by atoms with Crippen LogP contribution in [0.25, 0.3) is 10.9 Å². The SMILES string of the molecule is COC(=O)[N+](C)(Cc1cc(C(F)(F)F)cc(C(F)(F)F)c1)Cc1cc2ccccc2nc1N1CCCC1. The summed E-state index contributed by atoms with van der Waals surface area (Å²) in [6, 6.07) is 10.6. The Kier molecular flexibility index (Phi) is 7.11. The van der Waals surface area contributed by atoms with Crippen molar-refractivity contribution in [3.63, 3.8) is 0 Å². The van der Waals surface area contributed by atoms with Crippen LogP contribution in [0, 0.1) is 0 Å². The number of aromatic nitrogens is 1. The summed E-state index contributed by atoms with van der Waals surface area (Å²) < 4.78 is 85.0. The molecule has 1 fully saturated rings. The van der Waals surface area contributed by atoms with Gasteiger partial charge in [0.2, 0.25) is 0 Å². The maximum Gasteiger partial charge on any atom is 0.516 e. The van der Waals surface area contributed by atoms with Crippen molar-refractivity contribution in [3.05, 3.63) is 70.8 Å². The number of alkyl halides is 6. The van der Waals surface area contributed by atoms with E-state index < -0.39 is 40.6 Å². The fourth-order valence-electron chi connectivity index (χ4n) is 4.76. The zero-order valence-corrected chi connectivity index (χ0v) is 20.3. The smallest absolute Gasteiger partial charge is 0.423 e. The van der Waals surface area contributed by atoms with Gasteiger partial charge in [0.1, 0.15) is 18.9 Å². The van der Waals surface area contributed by atoms with Crippen molar-refractivity contribution in [2.75, 3.05) is 32.1 Å². The fourth-order valence-corrected chi connectivity index (χ4v) is 4.76. The number of fused-ring (bicyclic) bond motifs is 1. The highest BCUT2D eigenvalue weighted by molar-refractivity contribution is 5.82. The van der Waals surface area contributed by atoms with Crippen molar-refractivity contribution in [2.45, 2.75) is 38.3 Å². The molecular weight excluding hydrogens is 500 g/mol. The molecule has 0 bridgehead atoms. The number of carbonyl (C=O) groups excluding carboxylic acids is 1. The Hall–Kier alpha value is -3.34. The number of anilines is 1. The summed E-state index contributed by atoms with van der Waals surface area (Å²) in [6.45, 7) is 1.01. The Morgan fingerprint density at radius 1 is 0.946 bits per heavy atom. The van der Waals surface area contributed by atoms with E-state index in [9.17, 15) is 31.1 Å². The average molecular weight is 527 g/mol. The Labute approximate surface area is 209 Å². The molecule has 11 heteroatoms. The molecule has 5 nitrogen and oxygen atoms in total. The van der Waals surface area contributed by atoms with Gasteiger partial charge in [-0.3, -0.25) is 0 Å². The summed E-state index contributed by atoms with van der Waals surface area (Å²) in [4.78, 5) is 19.8. The van der Waals surface area contributed by atoms with Gasteiger partial charge in [-0.2, -0.15) is 31.1 Å². The molecule has 198 valence electrons. The van der Waals surface area contributed by atoms with Crippen LogP contribution < -0.4 is 4.90 Å². The van der Waals surface area contributed by atoms with Crippen LogP contribution in [0.4, 0.5) is 37.0 Å². The zero-order valence-electron chi connectivity index (χ0n) is 20.3. The molecule has 1 atom stereocenters. The quantitative estimate of drug-likeness (QED) is 0.271. The first-order valence-corrected chi connectivity index (χ1v) is 11.7. The van der Waals surface area contributed by atoms with Crippen molar-refractivity contribution in [1.29, 1.82) is 0 Å². The number of halogens is 6. The minimum atomic E-state index is -4.99. The summed E-state index contributed by atoms with van der Waals surface area (Å²) in [7, 11) is 2.56. The second-order valence-corrected chi connectivity index (χ2v) is 9.45. The highest BCUT2D eigenvalue weighted by Gasteiger charge is 2.40. The Bertz CT molecular complexity index is 1270. The predicted octanol–water partition coefficient (Wildman–Crippen LogP) is 6.79. The van der Waals surface area contributed by atoms with E-state index in [1.165, 1.54) is 7.05 Å². The fraction of sp³-hybridized carbons (Fsp3) is 0.385. The molecule has 1 aliphatic rings. The topological polar surface area (TPSA) is 42.4 Å². The van der Waals surface area contributed by atoms with Gasteiger partial charge in [-0.15, -0.1) is 0 Å². The molecule has 1 saturated heterocycles. The van der Waals surface area contributed by atoms with Crippen molar-refractivity contribution in [3.8, 4) is 0 Å². The van der Waals surface area contributed by atoms with Gasteiger partial charge >= 0.3 is 18.4 Å². The van der Waals surface area contributed by atoms with Crippen molar-refractivity contribution in [1.82, 2.24) is 4.98 Å². The average Bonchev–Trinajstić information content (AvgIpc) is 3.36. The molecular formula is C26H26F6N3O2+. The second kappa shape index (κ2) is 9.85. The molecule has 0 aliphatic carbocycles. The number of amides is 1. The normalized spacial score (nSPS) is 16.2. The van der Waals surface area contributed by atoms with Crippen LogP contribution in [0.2, 0.25) is 0 Å². The lowest BCUT2D eigenvalue weighted by Crippen LogP contribution is -2.48. The predicted molar refractivity (Wildman–Crippen MR) is 126 cm³/mol. The molecule has 2 heterocycles. The molecule has 3 aromatic rings. The van der Waals surface area contributed by atoms with Gasteiger partial charge in [0.15, 0.2) is 0 Å². The van der Waals surface area contributed by atoms with Crippen molar-refractivity contribution in [2.24, 2.45) is 0 Å². The maximum absolute atomic E-state index is 13.4. The first-order chi connectivity index (χ1) is 17.3. The van der Waals surface area contributed by atoms with E-state index in [1.54, 1.807) is 0 Å². The molecule has 4 rings (SSSR count). The highest BCUT2D eigenvalue weighted by atomic mass is 19.4. The van der Waals surface area contributed by atoms with E-state index in [2.05, 4.69) is 4.90 Å². The lowest BCUT2D eigenvalue weighted by molar-refractivity contribution is -0.864. The van der Waals surface area contributed by atoms with Crippen LogP contribution in [-0.2, 0) is 30.2 Å².